The number of carbonyl (C=O) groups excluding carboxylic acids is 1. The van der Waals surface area contributed by atoms with Crippen LogP contribution in [0.2, 0.25) is 15.1 Å². The van der Waals surface area contributed by atoms with Crippen molar-refractivity contribution in [1.82, 2.24) is 4.90 Å². The molecule has 0 saturated carbocycles. The monoisotopic (exact) mass is 517 g/mol. The van der Waals surface area contributed by atoms with Crippen molar-refractivity contribution in [2.45, 2.75) is 31.2 Å². The highest BCUT2D eigenvalue weighted by atomic mass is 35.5. The molecule has 1 heterocycles. The second-order valence-corrected chi connectivity index (χ2v) is 10.0. The third kappa shape index (κ3) is 4.35. The molecule has 2 atom stereocenters. The van der Waals surface area contributed by atoms with Gasteiger partial charge in [-0.15, -0.1) is 0 Å². The normalized spacial score (nSPS) is 20.1. The highest BCUT2D eigenvalue weighted by Crippen LogP contribution is 2.51. The molecule has 0 saturated heterocycles. The molecule has 1 aliphatic heterocycles. The van der Waals surface area contributed by atoms with Crippen LogP contribution in [0.15, 0.2) is 71.8 Å². The van der Waals surface area contributed by atoms with Crippen LogP contribution in [-0.2, 0) is 11.3 Å². The van der Waals surface area contributed by atoms with Gasteiger partial charge in [0.2, 0.25) is 5.91 Å². The lowest BCUT2D eigenvalue weighted by molar-refractivity contribution is -0.126. The van der Waals surface area contributed by atoms with E-state index in [0.717, 1.165) is 40.8 Å². The maximum absolute atomic E-state index is 13.7. The molecule has 0 bridgehead atoms. The number of benzene rings is 3. The van der Waals surface area contributed by atoms with Crippen molar-refractivity contribution >= 4 is 40.7 Å². The zero-order chi connectivity index (χ0) is 24.0. The SMILES string of the molecule is O=C1C2=C(CN1Cc1ccc(F)c(F)c1)[C@@H](c1ccc(Cl)cc1)[C@@H](c1ccc(Cl)cc1Cl)CC2. The van der Waals surface area contributed by atoms with E-state index >= 15 is 0 Å². The van der Waals surface area contributed by atoms with E-state index in [-0.39, 0.29) is 24.3 Å². The highest BCUT2D eigenvalue weighted by molar-refractivity contribution is 6.35. The van der Waals surface area contributed by atoms with Gasteiger partial charge >= 0.3 is 0 Å². The topological polar surface area (TPSA) is 20.3 Å². The quantitative estimate of drug-likeness (QED) is 0.343. The van der Waals surface area contributed by atoms with Gasteiger partial charge in [0.25, 0.3) is 0 Å². The van der Waals surface area contributed by atoms with Crippen molar-refractivity contribution < 1.29 is 13.6 Å². The van der Waals surface area contributed by atoms with Crippen LogP contribution >= 0.6 is 34.8 Å². The third-order valence-corrected chi connectivity index (χ3v) is 7.54. The number of amides is 1. The van der Waals surface area contributed by atoms with E-state index in [2.05, 4.69) is 0 Å². The van der Waals surface area contributed by atoms with Crippen LogP contribution in [0.1, 0.15) is 41.4 Å². The van der Waals surface area contributed by atoms with Crippen LogP contribution in [0, 0.1) is 11.6 Å². The Morgan fingerprint density at radius 1 is 0.882 bits per heavy atom. The summed E-state index contributed by atoms with van der Waals surface area (Å²) in [6, 6.07) is 17.0. The molecule has 2 aliphatic rings. The minimum Gasteiger partial charge on any atom is -0.331 e. The second-order valence-electron chi connectivity index (χ2n) is 8.75. The van der Waals surface area contributed by atoms with Crippen LogP contribution < -0.4 is 0 Å². The maximum Gasteiger partial charge on any atom is 0.250 e. The summed E-state index contributed by atoms with van der Waals surface area (Å²) in [5.41, 5.74) is 4.42. The Hall–Kier alpha value is -2.40. The molecule has 3 aromatic carbocycles. The molecular formula is C27H20Cl3F2NO. The first-order valence-corrected chi connectivity index (χ1v) is 12.1. The lowest BCUT2D eigenvalue weighted by Gasteiger charge is -2.34. The van der Waals surface area contributed by atoms with Crippen molar-refractivity contribution in [3.63, 3.8) is 0 Å². The van der Waals surface area contributed by atoms with E-state index in [4.69, 9.17) is 34.8 Å². The van der Waals surface area contributed by atoms with E-state index in [1.165, 1.54) is 6.07 Å². The Balaban J connectivity index is 1.52. The van der Waals surface area contributed by atoms with Gasteiger partial charge in [-0.1, -0.05) is 59.1 Å². The van der Waals surface area contributed by atoms with Gasteiger partial charge in [-0.2, -0.15) is 0 Å². The van der Waals surface area contributed by atoms with Crippen molar-refractivity contribution in [3.8, 4) is 0 Å². The third-order valence-electron chi connectivity index (χ3n) is 6.73. The van der Waals surface area contributed by atoms with Crippen LogP contribution in [0.25, 0.3) is 0 Å². The van der Waals surface area contributed by atoms with E-state index < -0.39 is 11.6 Å². The lowest BCUT2D eigenvalue weighted by atomic mass is 9.70. The summed E-state index contributed by atoms with van der Waals surface area (Å²) in [5.74, 6) is -1.89. The molecule has 7 heteroatoms. The predicted octanol–water partition coefficient (Wildman–Crippen LogP) is 7.93. The van der Waals surface area contributed by atoms with Crippen LogP contribution in [-0.4, -0.2) is 17.4 Å². The Bertz CT molecular complexity index is 1310. The summed E-state index contributed by atoms with van der Waals surface area (Å²) in [6.45, 7) is 0.630. The summed E-state index contributed by atoms with van der Waals surface area (Å²) in [7, 11) is 0. The number of hydrogen-bond donors (Lipinski definition) is 0. The van der Waals surface area contributed by atoms with E-state index in [1.807, 2.05) is 36.4 Å². The molecule has 1 amide bonds. The van der Waals surface area contributed by atoms with Gasteiger partial charge in [-0.3, -0.25) is 4.79 Å². The van der Waals surface area contributed by atoms with Crippen molar-refractivity contribution in [2.24, 2.45) is 0 Å². The van der Waals surface area contributed by atoms with Gasteiger partial charge < -0.3 is 4.90 Å². The van der Waals surface area contributed by atoms with Crippen molar-refractivity contribution in [2.75, 3.05) is 6.54 Å². The molecule has 0 fully saturated rings. The molecule has 0 spiro atoms. The van der Waals surface area contributed by atoms with E-state index in [9.17, 15) is 13.6 Å². The Morgan fingerprint density at radius 3 is 2.32 bits per heavy atom. The minimum absolute atomic E-state index is 0.0562. The van der Waals surface area contributed by atoms with Crippen molar-refractivity contribution in [1.29, 1.82) is 0 Å². The molecule has 0 N–H and O–H groups in total. The molecule has 34 heavy (non-hydrogen) atoms. The minimum atomic E-state index is -0.918. The maximum atomic E-state index is 13.7. The van der Waals surface area contributed by atoms with Gasteiger partial charge in [0.05, 0.1) is 0 Å². The van der Waals surface area contributed by atoms with E-state index in [0.29, 0.717) is 33.6 Å². The second kappa shape index (κ2) is 9.33. The summed E-state index contributed by atoms with van der Waals surface area (Å²) in [4.78, 5) is 15.0. The average molecular weight is 519 g/mol. The molecule has 174 valence electrons. The number of halogens is 5. The average Bonchev–Trinajstić information content (AvgIpc) is 3.12. The Morgan fingerprint density at radius 2 is 1.62 bits per heavy atom. The summed E-state index contributed by atoms with van der Waals surface area (Å²) < 4.78 is 27.1. The zero-order valence-corrected chi connectivity index (χ0v) is 20.3. The molecule has 0 unspecified atom stereocenters. The smallest absolute Gasteiger partial charge is 0.250 e. The van der Waals surface area contributed by atoms with Gasteiger partial charge in [0.15, 0.2) is 11.6 Å². The Kier molecular flexibility index (Phi) is 6.41. The number of carbonyl (C=O) groups is 1. The summed E-state index contributed by atoms with van der Waals surface area (Å²) in [5, 5.41) is 1.81. The first kappa shape index (κ1) is 23.3. The molecule has 3 aromatic rings. The van der Waals surface area contributed by atoms with Gasteiger partial charge in [-0.25, -0.2) is 8.78 Å². The molecule has 0 aromatic heterocycles. The van der Waals surface area contributed by atoms with Gasteiger partial charge in [-0.05, 0) is 77.4 Å². The van der Waals surface area contributed by atoms with Crippen LogP contribution in [0.4, 0.5) is 8.78 Å². The molecule has 2 nitrogen and oxygen atoms in total. The number of rotatable bonds is 4. The number of nitrogens with zero attached hydrogens (tertiary/aromatic N) is 1. The lowest BCUT2D eigenvalue weighted by Crippen LogP contribution is -2.27. The highest BCUT2D eigenvalue weighted by Gasteiger charge is 2.42. The molecule has 0 radical (unpaired) electrons. The van der Waals surface area contributed by atoms with Crippen LogP contribution in [0.3, 0.4) is 0 Å². The van der Waals surface area contributed by atoms with Crippen molar-refractivity contribution in [3.05, 3.63) is 115 Å². The first-order chi connectivity index (χ1) is 16.3. The fraction of sp³-hybridized carbons (Fsp3) is 0.222. The molecule has 1 aliphatic carbocycles. The number of hydrogen-bond acceptors (Lipinski definition) is 1. The largest absolute Gasteiger partial charge is 0.331 e. The summed E-state index contributed by atoms with van der Waals surface area (Å²) in [6.07, 6.45) is 1.37. The fourth-order valence-electron chi connectivity index (χ4n) is 5.19. The molecule has 5 rings (SSSR count). The van der Waals surface area contributed by atoms with Gasteiger partial charge in [0, 0.05) is 39.6 Å². The first-order valence-electron chi connectivity index (χ1n) is 11.0. The zero-order valence-electron chi connectivity index (χ0n) is 18.0. The fourth-order valence-corrected chi connectivity index (χ4v) is 5.87. The molecular weight excluding hydrogens is 499 g/mol. The van der Waals surface area contributed by atoms with E-state index in [1.54, 1.807) is 11.0 Å². The Labute approximate surface area is 211 Å². The van der Waals surface area contributed by atoms with Crippen LogP contribution in [0.5, 0.6) is 0 Å². The standard InChI is InChI=1S/C27H20Cl3F2NO/c28-17-4-2-16(3-5-17)26-20(19-7-6-18(29)12-23(19)30)8-9-21-22(26)14-33(27(21)34)13-15-1-10-24(31)25(32)11-15/h1-7,10-12,20,26H,8-9,13-14H2/t20-,26+/m1/s1. The predicted molar refractivity (Wildman–Crippen MR) is 131 cm³/mol. The summed E-state index contributed by atoms with van der Waals surface area (Å²) >= 11 is 18.9. The van der Waals surface area contributed by atoms with Gasteiger partial charge in [0.1, 0.15) is 0 Å².